The van der Waals surface area contributed by atoms with Gasteiger partial charge in [-0.25, -0.2) is 4.79 Å². The Kier molecular flexibility index (Phi) is 4.61. The van der Waals surface area contributed by atoms with E-state index in [1.54, 1.807) is 13.0 Å². The number of phenolic OH excluding ortho intramolecular Hbond substituents is 1. The fourth-order valence-corrected chi connectivity index (χ4v) is 1.35. The maximum atomic E-state index is 11.5. The standard InChI is InChI=1S/C11H10ClNO4/c1-2-16-9-6-7(5-8(12)10(9)14)11(15)17-4-3-13/h5-6,14H,2,4H2,1H3. The summed E-state index contributed by atoms with van der Waals surface area (Å²) in [7, 11) is 0. The molecule has 0 radical (unpaired) electrons. The molecular weight excluding hydrogens is 246 g/mol. The zero-order valence-electron chi connectivity index (χ0n) is 9.07. The lowest BCUT2D eigenvalue weighted by molar-refractivity contribution is 0.0554. The lowest BCUT2D eigenvalue weighted by Crippen LogP contribution is -2.06. The van der Waals surface area contributed by atoms with Crippen molar-refractivity contribution < 1.29 is 19.4 Å². The summed E-state index contributed by atoms with van der Waals surface area (Å²) in [5.74, 6) is -0.830. The minimum atomic E-state index is -0.700. The van der Waals surface area contributed by atoms with E-state index in [2.05, 4.69) is 4.74 Å². The first-order valence-electron chi connectivity index (χ1n) is 4.79. The first-order valence-corrected chi connectivity index (χ1v) is 5.17. The predicted octanol–water partition coefficient (Wildman–Crippen LogP) is 2.12. The lowest BCUT2D eigenvalue weighted by Gasteiger charge is -2.09. The minimum Gasteiger partial charge on any atom is -0.503 e. The number of aromatic hydroxyl groups is 1. The van der Waals surface area contributed by atoms with Crippen LogP contribution in [0.5, 0.6) is 11.5 Å². The predicted molar refractivity (Wildman–Crippen MR) is 60.2 cm³/mol. The number of esters is 1. The Balaban J connectivity index is 3.02. The van der Waals surface area contributed by atoms with Gasteiger partial charge in [0.1, 0.15) is 6.07 Å². The Bertz CT molecular complexity index is 467. The Labute approximate surface area is 103 Å². The second-order valence-electron chi connectivity index (χ2n) is 2.97. The molecule has 0 aliphatic heterocycles. The molecule has 90 valence electrons. The van der Waals surface area contributed by atoms with Crippen molar-refractivity contribution >= 4 is 17.6 Å². The van der Waals surface area contributed by atoms with Gasteiger partial charge in [-0.15, -0.1) is 0 Å². The number of carbonyl (C=O) groups is 1. The third-order valence-corrected chi connectivity index (χ3v) is 2.12. The van der Waals surface area contributed by atoms with E-state index in [0.717, 1.165) is 0 Å². The molecule has 0 aromatic heterocycles. The highest BCUT2D eigenvalue weighted by molar-refractivity contribution is 6.32. The van der Waals surface area contributed by atoms with Crippen LogP contribution in [0.1, 0.15) is 17.3 Å². The molecule has 0 aliphatic carbocycles. The van der Waals surface area contributed by atoms with Crippen LogP contribution < -0.4 is 4.74 Å². The lowest BCUT2D eigenvalue weighted by atomic mass is 10.2. The number of carbonyl (C=O) groups excluding carboxylic acids is 1. The molecule has 0 aliphatic rings. The van der Waals surface area contributed by atoms with Gasteiger partial charge in [0.25, 0.3) is 0 Å². The van der Waals surface area contributed by atoms with Gasteiger partial charge >= 0.3 is 5.97 Å². The Hall–Kier alpha value is -1.93. The van der Waals surface area contributed by atoms with Crippen LogP contribution in [0.25, 0.3) is 0 Å². The molecule has 1 N–H and O–H groups in total. The zero-order chi connectivity index (χ0) is 12.8. The SMILES string of the molecule is CCOc1cc(C(=O)OCC#N)cc(Cl)c1O. The summed E-state index contributed by atoms with van der Waals surface area (Å²) >= 11 is 5.73. The molecule has 17 heavy (non-hydrogen) atoms. The van der Waals surface area contributed by atoms with E-state index in [1.807, 2.05) is 0 Å². The Morgan fingerprint density at radius 2 is 2.29 bits per heavy atom. The van der Waals surface area contributed by atoms with Crippen molar-refractivity contribution in [2.75, 3.05) is 13.2 Å². The van der Waals surface area contributed by atoms with Crippen molar-refractivity contribution in [3.63, 3.8) is 0 Å². The summed E-state index contributed by atoms with van der Waals surface area (Å²) in [6.07, 6.45) is 0. The maximum absolute atomic E-state index is 11.5. The van der Waals surface area contributed by atoms with Gasteiger partial charge in [0.05, 0.1) is 17.2 Å². The number of ether oxygens (including phenoxy) is 2. The van der Waals surface area contributed by atoms with E-state index in [9.17, 15) is 9.90 Å². The topological polar surface area (TPSA) is 79.5 Å². The highest BCUT2D eigenvalue weighted by Gasteiger charge is 2.15. The summed E-state index contributed by atoms with van der Waals surface area (Å²) in [4.78, 5) is 11.5. The molecule has 6 heteroatoms. The van der Waals surface area contributed by atoms with Crippen LogP contribution >= 0.6 is 11.6 Å². The minimum absolute atomic E-state index is 0.0140. The van der Waals surface area contributed by atoms with E-state index >= 15 is 0 Å². The summed E-state index contributed by atoms with van der Waals surface area (Å²) in [5, 5.41) is 17.8. The molecule has 0 atom stereocenters. The highest BCUT2D eigenvalue weighted by atomic mass is 35.5. The van der Waals surface area contributed by atoms with Gasteiger partial charge in [0.15, 0.2) is 18.1 Å². The summed E-state index contributed by atoms with van der Waals surface area (Å²) in [5.41, 5.74) is 0.117. The van der Waals surface area contributed by atoms with Crippen molar-refractivity contribution in [2.45, 2.75) is 6.92 Å². The zero-order valence-corrected chi connectivity index (χ0v) is 9.82. The molecule has 0 spiro atoms. The van der Waals surface area contributed by atoms with Crippen molar-refractivity contribution in [3.8, 4) is 17.6 Å². The number of hydrogen-bond donors (Lipinski definition) is 1. The average Bonchev–Trinajstić information content (AvgIpc) is 2.31. The second kappa shape index (κ2) is 5.97. The van der Waals surface area contributed by atoms with Crippen LogP contribution in [0.2, 0.25) is 5.02 Å². The van der Waals surface area contributed by atoms with Gasteiger partial charge in [-0.3, -0.25) is 0 Å². The fourth-order valence-electron chi connectivity index (χ4n) is 1.14. The van der Waals surface area contributed by atoms with Gasteiger partial charge < -0.3 is 14.6 Å². The fraction of sp³-hybridized carbons (Fsp3) is 0.273. The number of nitriles is 1. The van der Waals surface area contributed by atoms with Crippen LogP contribution in [0.4, 0.5) is 0 Å². The number of benzene rings is 1. The van der Waals surface area contributed by atoms with Crippen LogP contribution in [0, 0.1) is 11.3 Å². The van der Waals surface area contributed by atoms with Gasteiger partial charge in [-0.1, -0.05) is 11.6 Å². The molecule has 0 fully saturated rings. The number of rotatable bonds is 4. The van der Waals surface area contributed by atoms with Crippen molar-refractivity contribution in [2.24, 2.45) is 0 Å². The van der Waals surface area contributed by atoms with Crippen LogP contribution in [-0.2, 0) is 4.74 Å². The van der Waals surface area contributed by atoms with E-state index in [4.69, 9.17) is 21.6 Å². The van der Waals surface area contributed by atoms with Crippen LogP contribution in [0.3, 0.4) is 0 Å². The first kappa shape index (κ1) is 13.1. The molecule has 0 unspecified atom stereocenters. The van der Waals surface area contributed by atoms with E-state index in [-0.39, 0.29) is 28.7 Å². The molecule has 1 aromatic carbocycles. The number of nitrogens with zero attached hydrogens (tertiary/aromatic N) is 1. The van der Waals surface area contributed by atoms with Crippen LogP contribution in [0.15, 0.2) is 12.1 Å². The van der Waals surface area contributed by atoms with Crippen molar-refractivity contribution in [1.82, 2.24) is 0 Å². The monoisotopic (exact) mass is 255 g/mol. The first-order chi connectivity index (χ1) is 8.10. The van der Waals surface area contributed by atoms with Gasteiger partial charge in [-0.2, -0.15) is 5.26 Å². The van der Waals surface area contributed by atoms with Gasteiger partial charge in [0, 0.05) is 0 Å². The normalized spacial score (nSPS) is 9.47. The molecule has 1 rings (SSSR count). The number of halogens is 1. The highest BCUT2D eigenvalue weighted by Crippen LogP contribution is 2.35. The summed E-state index contributed by atoms with van der Waals surface area (Å²) in [6.45, 7) is 1.70. The smallest absolute Gasteiger partial charge is 0.339 e. The third kappa shape index (κ3) is 3.26. The second-order valence-corrected chi connectivity index (χ2v) is 3.38. The van der Waals surface area contributed by atoms with Gasteiger partial charge in [-0.05, 0) is 19.1 Å². The Morgan fingerprint density at radius 1 is 1.59 bits per heavy atom. The quantitative estimate of drug-likeness (QED) is 0.834. The molecule has 0 amide bonds. The molecule has 0 saturated heterocycles. The number of hydrogen-bond acceptors (Lipinski definition) is 5. The van der Waals surface area contributed by atoms with E-state index in [1.165, 1.54) is 12.1 Å². The summed E-state index contributed by atoms with van der Waals surface area (Å²) < 4.78 is 9.71. The van der Waals surface area contributed by atoms with E-state index in [0.29, 0.717) is 6.61 Å². The average molecular weight is 256 g/mol. The summed E-state index contributed by atoms with van der Waals surface area (Å²) in [6, 6.07) is 4.24. The number of phenols is 1. The molecule has 0 heterocycles. The van der Waals surface area contributed by atoms with Crippen molar-refractivity contribution in [3.05, 3.63) is 22.7 Å². The third-order valence-electron chi connectivity index (χ3n) is 1.83. The maximum Gasteiger partial charge on any atom is 0.339 e. The van der Waals surface area contributed by atoms with Crippen molar-refractivity contribution in [1.29, 1.82) is 5.26 Å². The largest absolute Gasteiger partial charge is 0.503 e. The molecule has 0 bridgehead atoms. The molecule has 5 nitrogen and oxygen atoms in total. The van der Waals surface area contributed by atoms with E-state index < -0.39 is 5.97 Å². The molecule has 0 saturated carbocycles. The van der Waals surface area contributed by atoms with Gasteiger partial charge in [0.2, 0.25) is 0 Å². The Morgan fingerprint density at radius 3 is 2.88 bits per heavy atom. The van der Waals surface area contributed by atoms with Crippen LogP contribution in [-0.4, -0.2) is 24.3 Å². The molecular formula is C11H10ClNO4. The molecule has 1 aromatic rings.